The molecule has 0 aliphatic carbocycles. The lowest BCUT2D eigenvalue weighted by Gasteiger charge is -2.21. The van der Waals surface area contributed by atoms with Gasteiger partial charge in [-0.1, -0.05) is 50.2 Å². The average molecular weight is 255 g/mol. The number of benzene rings is 2. The van der Waals surface area contributed by atoms with Crippen LogP contribution in [-0.2, 0) is 0 Å². The summed E-state index contributed by atoms with van der Waals surface area (Å²) in [5, 5.41) is 6.15. The van der Waals surface area contributed by atoms with Crippen LogP contribution in [0.25, 0.3) is 10.8 Å². The van der Waals surface area contributed by atoms with Gasteiger partial charge in [0.25, 0.3) is 0 Å². The van der Waals surface area contributed by atoms with E-state index in [9.17, 15) is 0 Å². The van der Waals surface area contributed by atoms with Crippen molar-refractivity contribution in [2.75, 3.05) is 6.61 Å². The van der Waals surface area contributed by atoms with Gasteiger partial charge in [-0.15, -0.1) is 0 Å². The molecule has 19 heavy (non-hydrogen) atoms. The van der Waals surface area contributed by atoms with Crippen LogP contribution in [0.3, 0.4) is 0 Å². The summed E-state index contributed by atoms with van der Waals surface area (Å²) < 4.78 is 6.03. The highest BCUT2D eigenvalue weighted by Gasteiger charge is 2.21. The first-order chi connectivity index (χ1) is 9.25. The maximum absolute atomic E-state index is 6.03. The first kappa shape index (κ1) is 12.5. The van der Waals surface area contributed by atoms with Crippen LogP contribution in [0.4, 0.5) is 0 Å². The minimum atomic E-state index is 0.405. The van der Waals surface area contributed by atoms with E-state index < -0.39 is 0 Å². The lowest BCUT2D eigenvalue weighted by molar-refractivity contribution is 0.318. The molecule has 2 aromatic carbocycles. The summed E-state index contributed by atoms with van der Waals surface area (Å²) in [6, 6.07) is 13.8. The maximum Gasteiger partial charge on any atom is 0.131 e. The Bertz CT molecular complexity index is 576. The van der Waals surface area contributed by atoms with Gasteiger partial charge in [0.05, 0.1) is 6.61 Å². The Morgan fingerprint density at radius 3 is 2.84 bits per heavy atom. The van der Waals surface area contributed by atoms with Crippen molar-refractivity contribution in [1.82, 2.24) is 5.32 Å². The second-order valence-electron chi connectivity index (χ2n) is 5.57. The lowest BCUT2D eigenvalue weighted by Crippen LogP contribution is -2.27. The van der Waals surface area contributed by atoms with Crippen LogP contribution in [0.2, 0.25) is 0 Å². The zero-order valence-electron chi connectivity index (χ0n) is 11.6. The molecular weight excluding hydrogens is 234 g/mol. The SMILES string of the molecule is CC(C)NC1CCCOc2c1ccc1ccccc21. The Morgan fingerprint density at radius 1 is 1.16 bits per heavy atom. The van der Waals surface area contributed by atoms with E-state index in [0.29, 0.717) is 12.1 Å². The molecule has 100 valence electrons. The minimum Gasteiger partial charge on any atom is -0.493 e. The molecule has 3 rings (SSSR count). The molecular formula is C17H21NO. The normalized spacial score (nSPS) is 19.0. The van der Waals surface area contributed by atoms with E-state index in [1.807, 2.05) is 0 Å². The summed E-state index contributed by atoms with van der Waals surface area (Å²) in [4.78, 5) is 0. The van der Waals surface area contributed by atoms with E-state index >= 15 is 0 Å². The monoisotopic (exact) mass is 255 g/mol. The molecule has 1 aliphatic heterocycles. The summed E-state index contributed by atoms with van der Waals surface area (Å²) in [6.45, 7) is 5.22. The van der Waals surface area contributed by atoms with Crippen LogP contribution >= 0.6 is 0 Å². The first-order valence-electron chi connectivity index (χ1n) is 7.16. The Kier molecular flexibility index (Phi) is 3.43. The van der Waals surface area contributed by atoms with Gasteiger partial charge in [-0.25, -0.2) is 0 Å². The van der Waals surface area contributed by atoms with Gasteiger partial charge in [0.2, 0.25) is 0 Å². The molecule has 0 aromatic heterocycles. The molecule has 1 unspecified atom stereocenters. The van der Waals surface area contributed by atoms with E-state index in [-0.39, 0.29) is 0 Å². The molecule has 2 heteroatoms. The third-order valence-corrected chi connectivity index (χ3v) is 3.70. The number of nitrogens with one attached hydrogen (secondary N) is 1. The largest absolute Gasteiger partial charge is 0.493 e. The number of hydrogen-bond acceptors (Lipinski definition) is 2. The molecule has 0 fully saturated rings. The number of fused-ring (bicyclic) bond motifs is 3. The molecule has 0 bridgehead atoms. The van der Waals surface area contributed by atoms with Crippen LogP contribution in [0.1, 0.15) is 38.3 Å². The second kappa shape index (κ2) is 5.22. The van der Waals surface area contributed by atoms with Crippen molar-refractivity contribution < 1.29 is 4.74 Å². The van der Waals surface area contributed by atoms with Crippen molar-refractivity contribution in [3.05, 3.63) is 42.0 Å². The molecule has 0 spiro atoms. The van der Waals surface area contributed by atoms with Crippen LogP contribution in [0.15, 0.2) is 36.4 Å². The highest BCUT2D eigenvalue weighted by atomic mass is 16.5. The summed E-state index contributed by atoms with van der Waals surface area (Å²) >= 11 is 0. The number of rotatable bonds is 2. The van der Waals surface area contributed by atoms with Crippen LogP contribution < -0.4 is 10.1 Å². The fourth-order valence-corrected chi connectivity index (χ4v) is 2.89. The van der Waals surface area contributed by atoms with Gasteiger partial charge in [-0.2, -0.15) is 0 Å². The van der Waals surface area contributed by atoms with E-state index in [4.69, 9.17) is 4.74 Å². The predicted molar refractivity (Wildman–Crippen MR) is 79.7 cm³/mol. The molecule has 0 radical (unpaired) electrons. The Labute approximate surface area is 114 Å². The fraction of sp³-hybridized carbons (Fsp3) is 0.412. The second-order valence-corrected chi connectivity index (χ2v) is 5.57. The van der Waals surface area contributed by atoms with E-state index in [1.54, 1.807) is 0 Å². The summed E-state index contributed by atoms with van der Waals surface area (Å²) in [6.07, 6.45) is 2.25. The molecule has 2 aromatic rings. The zero-order valence-corrected chi connectivity index (χ0v) is 11.6. The predicted octanol–water partition coefficient (Wildman–Crippen LogP) is 4.05. The molecule has 0 amide bonds. The van der Waals surface area contributed by atoms with Crippen LogP contribution in [0.5, 0.6) is 5.75 Å². The Hall–Kier alpha value is -1.54. The van der Waals surface area contributed by atoms with Gasteiger partial charge in [-0.05, 0) is 18.2 Å². The maximum atomic E-state index is 6.03. The minimum absolute atomic E-state index is 0.405. The third kappa shape index (κ3) is 2.45. The number of ether oxygens (including phenoxy) is 1. The topological polar surface area (TPSA) is 21.3 Å². The summed E-state index contributed by atoms with van der Waals surface area (Å²) in [7, 11) is 0. The fourth-order valence-electron chi connectivity index (χ4n) is 2.89. The van der Waals surface area contributed by atoms with Crippen molar-refractivity contribution in [3.8, 4) is 5.75 Å². The van der Waals surface area contributed by atoms with E-state index in [2.05, 4.69) is 55.6 Å². The van der Waals surface area contributed by atoms with Crippen LogP contribution in [0, 0.1) is 0 Å². The van der Waals surface area contributed by atoms with Crippen molar-refractivity contribution in [2.24, 2.45) is 0 Å². The van der Waals surface area contributed by atoms with Gasteiger partial charge < -0.3 is 10.1 Å². The van der Waals surface area contributed by atoms with Crippen molar-refractivity contribution in [1.29, 1.82) is 0 Å². The molecule has 1 atom stereocenters. The van der Waals surface area contributed by atoms with Crippen molar-refractivity contribution in [2.45, 2.75) is 38.8 Å². The third-order valence-electron chi connectivity index (χ3n) is 3.70. The first-order valence-corrected chi connectivity index (χ1v) is 7.16. The van der Waals surface area contributed by atoms with Crippen molar-refractivity contribution in [3.63, 3.8) is 0 Å². The zero-order chi connectivity index (χ0) is 13.2. The van der Waals surface area contributed by atoms with Gasteiger partial charge in [0, 0.05) is 23.0 Å². The summed E-state index contributed by atoms with van der Waals surface area (Å²) in [5.41, 5.74) is 1.31. The van der Waals surface area contributed by atoms with Gasteiger partial charge in [0.1, 0.15) is 5.75 Å². The summed E-state index contributed by atoms with van der Waals surface area (Å²) in [5.74, 6) is 1.08. The number of hydrogen-bond donors (Lipinski definition) is 1. The Morgan fingerprint density at radius 2 is 2.00 bits per heavy atom. The smallest absolute Gasteiger partial charge is 0.131 e. The highest BCUT2D eigenvalue weighted by molar-refractivity contribution is 5.89. The quantitative estimate of drug-likeness (QED) is 0.874. The average Bonchev–Trinajstić information content (AvgIpc) is 2.61. The van der Waals surface area contributed by atoms with Gasteiger partial charge >= 0.3 is 0 Å². The van der Waals surface area contributed by atoms with Crippen LogP contribution in [-0.4, -0.2) is 12.6 Å². The molecule has 2 nitrogen and oxygen atoms in total. The van der Waals surface area contributed by atoms with E-state index in [0.717, 1.165) is 25.2 Å². The van der Waals surface area contributed by atoms with Gasteiger partial charge in [0.15, 0.2) is 0 Å². The highest BCUT2D eigenvalue weighted by Crippen LogP contribution is 2.37. The molecule has 0 saturated heterocycles. The van der Waals surface area contributed by atoms with Gasteiger partial charge in [-0.3, -0.25) is 0 Å². The lowest BCUT2D eigenvalue weighted by atomic mass is 9.97. The molecule has 1 aliphatic rings. The standard InChI is InChI=1S/C17H21NO/c1-12(2)18-16-8-5-11-19-17-14-7-4-3-6-13(14)9-10-15(16)17/h3-4,6-7,9-10,12,16,18H,5,8,11H2,1-2H3. The van der Waals surface area contributed by atoms with E-state index in [1.165, 1.54) is 16.3 Å². The molecule has 1 N–H and O–H groups in total. The molecule has 0 saturated carbocycles. The van der Waals surface area contributed by atoms with Crippen molar-refractivity contribution >= 4 is 10.8 Å². The Balaban J connectivity index is 2.11. The molecule has 1 heterocycles.